The van der Waals surface area contributed by atoms with E-state index in [-0.39, 0.29) is 0 Å². The molecule has 0 aromatic carbocycles. The Morgan fingerprint density at radius 1 is 1.36 bits per heavy atom. The van der Waals surface area contributed by atoms with Crippen LogP contribution < -0.4 is 5.32 Å². The Balaban J connectivity index is 1.79. The van der Waals surface area contributed by atoms with Crippen LogP contribution in [0.2, 0.25) is 0 Å². The Labute approximate surface area is 93.2 Å². The van der Waals surface area contributed by atoms with Gasteiger partial charge >= 0.3 is 0 Å². The molecule has 0 radical (unpaired) electrons. The van der Waals surface area contributed by atoms with Crippen LogP contribution in [0, 0.1) is 0 Å². The Morgan fingerprint density at radius 2 is 2.14 bits per heavy atom. The third-order valence-corrected chi connectivity index (χ3v) is 3.55. The van der Waals surface area contributed by atoms with Gasteiger partial charge < -0.3 is 9.73 Å². The molecule has 2 rings (SSSR count). The summed E-state index contributed by atoms with van der Waals surface area (Å²) < 4.78 is 6.42. The first-order valence-electron chi connectivity index (χ1n) is 5.31. The predicted octanol–water partition coefficient (Wildman–Crippen LogP) is 3.46. The van der Waals surface area contributed by atoms with Crippen LogP contribution in [0.15, 0.2) is 21.2 Å². The van der Waals surface area contributed by atoms with Crippen molar-refractivity contribution in [2.24, 2.45) is 0 Å². The van der Waals surface area contributed by atoms with Gasteiger partial charge in [0, 0.05) is 6.04 Å². The van der Waals surface area contributed by atoms with Gasteiger partial charge in [0.15, 0.2) is 0 Å². The van der Waals surface area contributed by atoms with Crippen LogP contribution >= 0.6 is 15.9 Å². The Kier molecular flexibility index (Phi) is 3.65. The highest BCUT2D eigenvalue weighted by Crippen LogP contribution is 2.20. The van der Waals surface area contributed by atoms with Crippen molar-refractivity contribution in [2.45, 2.75) is 44.7 Å². The molecule has 0 amide bonds. The molecule has 1 heterocycles. The number of rotatable bonds is 3. The van der Waals surface area contributed by atoms with Crippen molar-refractivity contribution in [2.75, 3.05) is 0 Å². The minimum atomic E-state index is 0.695. The van der Waals surface area contributed by atoms with Crippen molar-refractivity contribution in [1.82, 2.24) is 5.32 Å². The van der Waals surface area contributed by atoms with Crippen molar-refractivity contribution in [3.63, 3.8) is 0 Å². The van der Waals surface area contributed by atoms with Crippen LogP contribution in [0.4, 0.5) is 0 Å². The lowest BCUT2D eigenvalue weighted by Crippen LogP contribution is -2.30. The fourth-order valence-corrected chi connectivity index (χ4v) is 2.34. The second kappa shape index (κ2) is 4.99. The highest BCUT2D eigenvalue weighted by atomic mass is 79.9. The molecule has 1 aromatic heterocycles. The van der Waals surface area contributed by atoms with Crippen LogP contribution in [-0.2, 0) is 6.54 Å². The second-order valence-electron chi connectivity index (χ2n) is 3.91. The van der Waals surface area contributed by atoms with Crippen LogP contribution in [0.3, 0.4) is 0 Å². The first kappa shape index (κ1) is 10.2. The summed E-state index contributed by atoms with van der Waals surface area (Å²) in [7, 11) is 0. The van der Waals surface area contributed by atoms with Crippen molar-refractivity contribution in [3.8, 4) is 0 Å². The number of halogens is 1. The first-order chi connectivity index (χ1) is 6.86. The molecule has 0 bridgehead atoms. The summed E-state index contributed by atoms with van der Waals surface area (Å²) in [6, 6.07) is 2.64. The Morgan fingerprint density at radius 3 is 2.79 bits per heavy atom. The maximum absolute atomic E-state index is 5.35. The van der Waals surface area contributed by atoms with Gasteiger partial charge in [-0.25, -0.2) is 0 Å². The SMILES string of the molecule is Brc1ccoc1CNC1CCCCC1. The van der Waals surface area contributed by atoms with Gasteiger partial charge in [-0.1, -0.05) is 19.3 Å². The van der Waals surface area contributed by atoms with E-state index in [0.717, 1.165) is 16.8 Å². The molecule has 1 aromatic rings. The van der Waals surface area contributed by atoms with Gasteiger partial charge in [0.1, 0.15) is 5.76 Å². The molecule has 0 unspecified atom stereocenters. The predicted molar refractivity (Wildman–Crippen MR) is 60.1 cm³/mol. The molecule has 2 nitrogen and oxygen atoms in total. The fourth-order valence-electron chi connectivity index (χ4n) is 1.99. The summed E-state index contributed by atoms with van der Waals surface area (Å²) in [4.78, 5) is 0. The van der Waals surface area contributed by atoms with Crippen LogP contribution in [0.25, 0.3) is 0 Å². The lowest BCUT2D eigenvalue weighted by molar-refractivity contribution is 0.356. The second-order valence-corrected chi connectivity index (χ2v) is 4.76. The van der Waals surface area contributed by atoms with Crippen LogP contribution in [0.5, 0.6) is 0 Å². The minimum Gasteiger partial charge on any atom is -0.467 e. The standard InChI is InChI=1S/C11H16BrNO/c12-10-6-7-14-11(10)8-13-9-4-2-1-3-5-9/h6-7,9,13H,1-5,8H2. The maximum atomic E-state index is 5.35. The summed E-state index contributed by atoms with van der Waals surface area (Å²) in [5, 5.41) is 3.54. The fraction of sp³-hybridized carbons (Fsp3) is 0.636. The summed E-state index contributed by atoms with van der Waals surface area (Å²) in [5.41, 5.74) is 0. The van der Waals surface area contributed by atoms with E-state index >= 15 is 0 Å². The smallest absolute Gasteiger partial charge is 0.131 e. The quantitative estimate of drug-likeness (QED) is 0.898. The number of furan rings is 1. The van der Waals surface area contributed by atoms with Crippen molar-refractivity contribution >= 4 is 15.9 Å². The van der Waals surface area contributed by atoms with E-state index in [0.29, 0.717) is 6.04 Å². The third kappa shape index (κ3) is 2.61. The van der Waals surface area contributed by atoms with E-state index in [4.69, 9.17) is 4.42 Å². The third-order valence-electron chi connectivity index (χ3n) is 2.85. The molecule has 1 N–H and O–H groups in total. The zero-order chi connectivity index (χ0) is 9.80. The minimum absolute atomic E-state index is 0.695. The zero-order valence-electron chi connectivity index (χ0n) is 8.26. The Bertz CT molecular complexity index is 279. The van der Waals surface area contributed by atoms with E-state index < -0.39 is 0 Å². The molecule has 14 heavy (non-hydrogen) atoms. The lowest BCUT2D eigenvalue weighted by Gasteiger charge is -2.22. The average molecular weight is 258 g/mol. The van der Waals surface area contributed by atoms with E-state index in [1.54, 1.807) is 6.26 Å². The van der Waals surface area contributed by atoms with Gasteiger partial charge in [0.2, 0.25) is 0 Å². The molecule has 0 spiro atoms. The Hall–Kier alpha value is -0.280. The normalized spacial score (nSPS) is 18.6. The van der Waals surface area contributed by atoms with Crippen LogP contribution in [-0.4, -0.2) is 6.04 Å². The number of nitrogens with one attached hydrogen (secondary N) is 1. The molecule has 0 aliphatic heterocycles. The van der Waals surface area contributed by atoms with E-state index in [1.807, 2.05) is 6.07 Å². The number of hydrogen-bond donors (Lipinski definition) is 1. The topological polar surface area (TPSA) is 25.2 Å². The summed E-state index contributed by atoms with van der Waals surface area (Å²) in [6.45, 7) is 0.845. The van der Waals surface area contributed by atoms with Crippen molar-refractivity contribution < 1.29 is 4.42 Å². The van der Waals surface area contributed by atoms with E-state index in [1.165, 1.54) is 32.1 Å². The van der Waals surface area contributed by atoms with Gasteiger partial charge in [-0.05, 0) is 34.8 Å². The highest BCUT2D eigenvalue weighted by Gasteiger charge is 2.13. The van der Waals surface area contributed by atoms with Crippen molar-refractivity contribution in [1.29, 1.82) is 0 Å². The number of hydrogen-bond acceptors (Lipinski definition) is 2. The van der Waals surface area contributed by atoms with Crippen LogP contribution in [0.1, 0.15) is 37.9 Å². The molecular weight excluding hydrogens is 242 g/mol. The molecule has 0 saturated heterocycles. The molecule has 1 fully saturated rings. The van der Waals surface area contributed by atoms with Crippen molar-refractivity contribution in [3.05, 3.63) is 22.6 Å². The molecule has 1 aliphatic rings. The molecule has 1 aliphatic carbocycles. The molecule has 78 valence electrons. The van der Waals surface area contributed by atoms with Gasteiger partial charge in [-0.2, -0.15) is 0 Å². The monoisotopic (exact) mass is 257 g/mol. The zero-order valence-corrected chi connectivity index (χ0v) is 9.85. The lowest BCUT2D eigenvalue weighted by atomic mass is 9.95. The average Bonchev–Trinajstić information content (AvgIpc) is 2.63. The first-order valence-corrected chi connectivity index (χ1v) is 6.11. The van der Waals surface area contributed by atoms with Gasteiger partial charge in [0.25, 0.3) is 0 Å². The summed E-state index contributed by atoms with van der Waals surface area (Å²) in [6.07, 6.45) is 8.51. The van der Waals surface area contributed by atoms with E-state index in [2.05, 4.69) is 21.2 Å². The molecule has 1 saturated carbocycles. The van der Waals surface area contributed by atoms with Gasteiger partial charge in [-0.15, -0.1) is 0 Å². The highest BCUT2D eigenvalue weighted by molar-refractivity contribution is 9.10. The summed E-state index contributed by atoms with van der Waals surface area (Å²) >= 11 is 3.46. The molecule has 0 atom stereocenters. The van der Waals surface area contributed by atoms with Gasteiger partial charge in [-0.3, -0.25) is 0 Å². The van der Waals surface area contributed by atoms with E-state index in [9.17, 15) is 0 Å². The van der Waals surface area contributed by atoms with Gasteiger partial charge in [0.05, 0.1) is 17.3 Å². The summed E-state index contributed by atoms with van der Waals surface area (Å²) in [5.74, 6) is 1.01. The maximum Gasteiger partial charge on any atom is 0.131 e. The largest absolute Gasteiger partial charge is 0.467 e. The molecule has 3 heteroatoms. The molecular formula is C11H16BrNO.